The highest BCUT2D eigenvalue weighted by Crippen LogP contribution is 2.36. The van der Waals surface area contributed by atoms with Crippen molar-refractivity contribution in [3.63, 3.8) is 0 Å². The van der Waals surface area contributed by atoms with Gasteiger partial charge in [-0.05, 0) is 77.9 Å². The summed E-state index contributed by atoms with van der Waals surface area (Å²) in [5.74, 6) is 0.523. The molecular weight excluding hydrogens is 501 g/mol. The topological polar surface area (TPSA) is 65.0 Å². The van der Waals surface area contributed by atoms with E-state index < -0.39 is 10.1 Å². The monoisotopic (exact) mass is 521 g/mol. The first-order valence-corrected chi connectivity index (χ1v) is 11.4. The molecule has 0 saturated carbocycles. The molecule has 0 N–H and O–H groups in total. The Morgan fingerprint density at radius 2 is 1.72 bits per heavy atom. The number of para-hydroxylation sites is 1. The molecule has 0 heterocycles. The van der Waals surface area contributed by atoms with Crippen molar-refractivity contribution in [3.8, 4) is 11.5 Å². The van der Waals surface area contributed by atoms with Gasteiger partial charge in [0.2, 0.25) is 0 Å². The summed E-state index contributed by atoms with van der Waals surface area (Å²) in [5, 5.41) is 0. The molecule has 0 unspecified atom stereocenters. The standard InChI is InChI=1S/C22H20INO4S/c1-3-27-21-14-17(15-24-20-12-8-7-9-16(20)2)13-19(23)22(21)28-29(25,26)18-10-5-4-6-11-18/h4-15H,3H2,1-2H3. The molecule has 0 aliphatic rings. The van der Waals surface area contributed by atoms with Gasteiger partial charge in [0.05, 0.1) is 15.9 Å². The average molecular weight is 521 g/mol. The highest BCUT2D eigenvalue weighted by atomic mass is 127. The maximum atomic E-state index is 12.6. The third-order valence-electron chi connectivity index (χ3n) is 4.02. The van der Waals surface area contributed by atoms with Crippen molar-refractivity contribution in [3.05, 3.63) is 81.4 Å². The third-order valence-corrected chi connectivity index (χ3v) is 6.06. The molecule has 29 heavy (non-hydrogen) atoms. The lowest BCUT2D eigenvalue weighted by Crippen LogP contribution is -2.12. The Morgan fingerprint density at radius 3 is 2.41 bits per heavy atom. The molecule has 7 heteroatoms. The number of aryl methyl sites for hydroxylation is 1. The first kappa shape index (κ1) is 21.3. The van der Waals surface area contributed by atoms with E-state index in [0.29, 0.717) is 15.9 Å². The minimum Gasteiger partial charge on any atom is -0.490 e. The molecule has 3 aromatic rings. The molecule has 0 amide bonds. The summed E-state index contributed by atoms with van der Waals surface area (Å²) in [6.45, 7) is 4.19. The highest BCUT2D eigenvalue weighted by molar-refractivity contribution is 14.1. The zero-order valence-corrected chi connectivity index (χ0v) is 19.0. The molecule has 0 aliphatic carbocycles. The van der Waals surface area contributed by atoms with E-state index in [0.717, 1.165) is 16.8 Å². The lowest BCUT2D eigenvalue weighted by atomic mass is 10.2. The Bertz CT molecular complexity index is 1130. The van der Waals surface area contributed by atoms with E-state index in [-0.39, 0.29) is 10.6 Å². The first-order chi connectivity index (χ1) is 13.9. The lowest BCUT2D eigenvalue weighted by molar-refractivity contribution is 0.327. The summed E-state index contributed by atoms with van der Waals surface area (Å²) < 4.78 is 37.0. The molecule has 0 aromatic heterocycles. The van der Waals surface area contributed by atoms with Crippen LogP contribution in [0.2, 0.25) is 0 Å². The lowest BCUT2D eigenvalue weighted by Gasteiger charge is -2.14. The minimum absolute atomic E-state index is 0.0865. The first-order valence-electron chi connectivity index (χ1n) is 8.96. The van der Waals surface area contributed by atoms with Crippen molar-refractivity contribution < 1.29 is 17.3 Å². The van der Waals surface area contributed by atoms with E-state index in [2.05, 4.69) is 4.99 Å². The summed E-state index contributed by atoms with van der Waals surface area (Å²) in [4.78, 5) is 4.61. The smallest absolute Gasteiger partial charge is 0.339 e. The van der Waals surface area contributed by atoms with Crippen LogP contribution in [-0.4, -0.2) is 21.2 Å². The molecule has 0 fully saturated rings. The number of hydrogen-bond acceptors (Lipinski definition) is 5. The van der Waals surface area contributed by atoms with Crippen LogP contribution in [-0.2, 0) is 10.1 Å². The van der Waals surface area contributed by atoms with Crippen molar-refractivity contribution in [2.75, 3.05) is 6.61 Å². The normalized spacial score (nSPS) is 11.6. The quantitative estimate of drug-likeness (QED) is 0.234. The van der Waals surface area contributed by atoms with Gasteiger partial charge in [-0.2, -0.15) is 8.42 Å². The van der Waals surface area contributed by atoms with E-state index in [1.54, 1.807) is 36.5 Å². The number of benzene rings is 3. The summed E-state index contributed by atoms with van der Waals surface area (Å²) >= 11 is 2.04. The van der Waals surface area contributed by atoms with E-state index >= 15 is 0 Å². The zero-order chi connectivity index (χ0) is 20.9. The maximum Gasteiger partial charge on any atom is 0.339 e. The van der Waals surface area contributed by atoms with Gasteiger partial charge < -0.3 is 8.92 Å². The predicted octanol–water partition coefficient (Wildman–Crippen LogP) is 5.52. The molecule has 5 nitrogen and oxygen atoms in total. The van der Waals surface area contributed by atoms with Crippen molar-refractivity contribution in [1.29, 1.82) is 0 Å². The predicted molar refractivity (Wildman–Crippen MR) is 123 cm³/mol. The second-order valence-corrected chi connectivity index (χ2v) is 8.87. The van der Waals surface area contributed by atoms with Crippen molar-refractivity contribution in [1.82, 2.24) is 0 Å². The van der Waals surface area contributed by atoms with Gasteiger partial charge in [-0.3, -0.25) is 4.99 Å². The minimum atomic E-state index is -3.97. The average Bonchev–Trinajstić information content (AvgIpc) is 2.71. The van der Waals surface area contributed by atoms with Crippen LogP contribution in [0.1, 0.15) is 18.1 Å². The molecule has 0 radical (unpaired) electrons. The molecule has 0 bridgehead atoms. The molecular formula is C22H20INO4S. The van der Waals surface area contributed by atoms with Crippen molar-refractivity contribution in [2.24, 2.45) is 4.99 Å². The number of rotatable bonds is 7. The van der Waals surface area contributed by atoms with E-state index in [9.17, 15) is 8.42 Å². The van der Waals surface area contributed by atoms with Crippen LogP contribution in [0.25, 0.3) is 0 Å². The Hall–Kier alpha value is -2.39. The van der Waals surface area contributed by atoms with Crippen molar-refractivity contribution in [2.45, 2.75) is 18.7 Å². The maximum absolute atomic E-state index is 12.6. The Labute approximate surface area is 184 Å². The van der Waals surface area contributed by atoms with E-state index in [1.807, 2.05) is 60.7 Å². The van der Waals surface area contributed by atoms with E-state index in [1.165, 1.54) is 12.1 Å². The molecule has 0 spiro atoms. The number of ether oxygens (including phenoxy) is 1. The molecule has 3 rings (SSSR count). The van der Waals surface area contributed by atoms with Crippen LogP contribution in [0.4, 0.5) is 5.69 Å². The number of aliphatic imine (C=N–C) groups is 1. The molecule has 0 aliphatic heterocycles. The third kappa shape index (κ3) is 5.36. The Kier molecular flexibility index (Phi) is 6.92. The summed E-state index contributed by atoms with van der Waals surface area (Å²) in [6, 6.07) is 19.4. The molecule has 150 valence electrons. The van der Waals surface area contributed by atoms with Gasteiger partial charge in [0.25, 0.3) is 0 Å². The number of halogens is 1. The summed E-state index contributed by atoms with van der Waals surface area (Å²) in [6.07, 6.45) is 1.72. The van der Waals surface area contributed by atoms with Crippen LogP contribution < -0.4 is 8.92 Å². The second-order valence-electron chi connectivity index (χ2n) is 6.16. The fraction of sp³-hybridized carbons (Fsp3) is 0.136. The van der Waals surface area contributed by atoms with Gasteiger partial charge in [0, 0.05) is 6.21 Å². The molecule has 0 saturated heterocycles. The van der Waals surface area contributed by atoms with Gasteiger partial charge in [-0.15, -0.1) is 0 Å². The zero-order valence-electron chi connectivity index (χ0n) is 16.0. The summed E-state index contributed by atoms with van der Waals surface area (Å²) in [5.41, 5.74) is 2.72. The number of nitrogens with zero attached hydrogens (tertiary/aromatic N) is 1. The van der Waals surface area contributed by atoms with Gasteiger partial charge in [-0.25, -0.2) is 0 Å². The van der Waals surface area contributed by atoms with Crippen LogP contribution in [0.3, 0.4) is 0 Å². The molecule has 0 atom stereocenters. The largest absolute Gasteiger partial charge is 0.490 e. The van der Waals surface area contributed by atoms with E-state index in [4.69, 9.17) is 8.92 Å². The number of hydrogen-bond donors (Lipinski definition) is 0. The fourth-order valence-corrected chi connectivity index (χ4v) is 4.47. The van der Waals surface area contributed by atoms with Crippen LogP contribution >= 0.6 is 22.6 Å². The van der Waals surface area contributed by atoms with Gasteiger partial charge in [0.1, 0.15) is 4.90 Å². The van der Waals surface area contributed by atoms with Crippen LogP contribution in [0.15, 0.2) is 76.6 Å². The Morgan fingerprint density at radius 1 is 1.03 bits per heavy atom. The van der Waals surface area contributed by atoms with Crippen LogP contribution in [0, 0.1) is 10.5 Å². The van der Waals surface area contributed by atoms with Gasteiger partial charge in [-0.1, -0.05) is 36.4 Å². The van der Waals surface area contributed by atoms with Crippen molar-refractivity contribution >= 4 is 44.6 Å². The SMILES string of the molecule is CCOc1cc(C=Nc2ccccc2C)cc(I)c1OS(=O)(=O)c1ccccc1. The summed E-state index contributed by atoms with van der Waals surface area (Å²) in [7, 11) is -3.97. The molecule has 3 aromatic carbocycles. The highest BCUT2D eigenvalue weighted by Gasteiger charge is 2.21. The van der Waals surface area contributed by atoms with Gasteiger partial charge >= 0.3 is 10.1 Å². The van der Waals surface area contributed by atoms with Crippen LogP contribution in [0.5, 0.6) is 11.5 Å². The van der Waals surface area contributed by atoms with Gasteiger partial charge in [0.15, 0.2) is 11.5 Å². The second kappa shape index (κ2) is 9.41. The Balaban J connectivity index is 1.96. The fourth-order valence-electron chi connectivity index (χ4n) is 2.60.